The molecule has 3 heterocycles. The fraction of sp³-hybridized carbons (Fsp3) is 0.320. The summed E-state index contributed by atoms with van der Waals surface area (Å²) in [6, 6.07) is 13.5. The summed E-state index contributed by atoms with van der Waals surface area (Å²) in [5.41, 5.74) is 2.31. The Morgan fingerprint density at radius 1 is 1.00 bits per heavy atom. The van der Waals surface area contributed by atoms with E-state index in [0.29, 0.717) is 17.5 Å². The van der Waals surface area contributed by atoms with E-state index in [2.05, 4.69) is 20.6 Å². The van der Waals surface area contributed by atoms with Gasteiger partial charge in [0.05, 0.1) is 5.69 Å². The van der Waals surface area contributed by atoms with Gasteiger partial charge in [0, 0.05) is 31.0 Å². The smallest absolute Gasteiger partial charge is 0.260 e. The van der Waals surface area contributed by atoms with Gasteiger partial charge in [-0.25, -0.2) is 0 Å². The van der Waals surface area contributed by atoms with E-state index in [0.717, 1.165) is 49.0 Å². The van der Waals surface area contributed by atoms with Crippen LogP contribution in [-0.2, 0) is 6.54 Å². The second-order valence-electron chi connectivity index (χ2n) is 8.42. The number of benzene rings is 1. The molecule has 0 saturated heterocycles. The molecule has 33 heavy (non-hydrogen) atoms. The van der Waals surface area contributed by atoms with Gasteiger partial charge in [0.1, 0.15) is 5.56 Å². The number of H-pyrrole nitrogens is 1. The van der Waals surface area contributed by atoms with Crippen molar-refractivity contribution in [3.05, 3.63) is 76.5 Å². The number of nitrogens with zero attached hydrogens (tertiary/aromatic N) is 1. The van der Waals surface area contributed by atoms with Crippen LogP contribution in [0.3, 0.4) is 0 Å². The Labute approximate surface area is 191 Å². The van der Waals surface area contributed by atoms with Crippen molar-refractivity contribution in [3.63, 3.8) is 0 Å². The average Bonchev–Trinajstić information content (AvgIpc) is 3.32. The van der Waals surface area contributed by atoms with Crippen LogP contribution >= 0.6 is 0 Å². The molecule has 1 aromatic carbocycles. The molecule has 2 aromatic heterocycles. The molecule has 2 aliphatic rings. The third-order valence-corrected chi connectivity index (χ3v) is 6.21. The summed E-state index contributed by atoms with van der Waals surface area (Å²) in [4.78, 5) is 32.3. The van der Waals surface area contributed by atoms with Gasteiger partial charge in [0.25, 0.3) is 11.5 Å². The molecule has 0 unspecified atom stereocenters. The highest BCUT2D eigenvalue weighted by Gasteiger charge is 2.24. The molecule has 3 N–H and O–H groups in total. The van der Waals surface area contributed by atoms with Crippen LogP contribution < -0.4 is 25.7 Å². The quantitative estimate of drug-likeness (QED) is 0.538. The number of hydrogen-bond acceptors (Lipinski definition) is 6. The first kappa shape index (κ1) is 21.2. The maximum Gasteiger partial charge on any atom is 0.260 e. The number of pyridine rings is 2. The Balaban J connectivity index is 1.19. The predicted molar refractivity (Wildman–Crippen MR) is 123 cm³/mol. The second kappa shape index (κ2) is 9.46. The highest BCUT2D eigenvalue weighted by molar-refractivity contribution is 5.95. The highest BCUT2D eigenvalue weighted by atomic mass is 16.7. The van der Waals surface area contributed by atoms with Gasteiger partial charge in [-0.3, -0.25) is 14.6 Å². The highest BCUT2D eigenvalue weighted by Crippen LogP contribution is 2.35. The summed E-state index contributed by atoms with van der Waals surface area (Å²) in [6.45, 7) is 0.934. The minimum Gasteiger partial charge on any atom is -0.454 e. The lowest BCUT2D eigenvalue weighted by molar-refractivity contribution is 0.0922. The van der Waals surface area contributed by atoms with E-state index < -0.39 is 5.56 Å². The number of rotatable bonds is 6. The van der Waals surface area contributed by atoms with Crippen molar-refractivity contribution in [2.45, 2.75) is 44.3 Å². The number of carbonyl (C=O) groups excluding carboxylic acids is 1. The summed E-state index contributed by atoms with van der Waals surface area (Å²) >= 11 is 0. The van der Waals surface area contributed by atoms with Gasteiger partial charge >= 0.3 is 0 Å². The van der Waals surface area contributed by atoms with E-state index in [1.54, 1.807) is 18.5 Å². The summed E-state index contributed by atoms with van der Waals surface area (Å²) in [5, 5.41) is 6.59. The molecule has 1 aliphatic heterocycles. The molecular formula is C25H26N4O4. The van der Waals surface area contributed by atoms with Gasteiger partial charge < -0.3 is 25.1 Å². The third-order valence-electron chi connectivity index (χ3n) is 6.21. The van der Waals surface area contributed by atoms with E-state index in [1.165, 1.54) is 0 Å². The van der Waals surface area contributed by atoms with Crippen molar-refractivity contribution in [1.82, 2.24) is 20.6 Å². The average molecular weight is 447 g/mol. The summed E-state index contributed by atoms with van der Waals surface area (Å²) < 4.78 is 10.8. The first-order valence-corrected chi connectivity index (χ1v) is 11.2. The van der Waals surface area contributed by atoms with E-state index >= 15 is 0 Å². The van der Waals surface area contributed by atoms with Gasteiger partial charge in [-0.15, -0.1) is 0 Å². The number of carbonyl (C=O) groups is 1. The summed E-state index contributed by atoms with van der Waals surface area (Å²) in [7, 11) is 0. The molecule has 0 atom stereocenters. The van der Waals surface area contributed by atoms with Crippen LogP contribution in [0.5, 0.6) is 11.5 Å². The van der Waals surface area contributed by atoms with Crippen molar-refractivity contribution >= 4 is 5.91 Å². The molecule has 5 rings (SSSR count). The van der Waals surface area contributed by atoms with Crippen LogP contribution in [0, 0.1) is 0 Å². The van der Waals surface area contributed by atoms with Gasteiger partial charge in [-0.2, -0.15) is 0 Å². The molecule has 1 amide bonds. The van der Waals surface area contributed by atoms with Crippen LogP contribution in [0.25, 0.3) is 11.1 Å². The minimum absolute atomic E-state index is 0.0546. The zero-order valence-electron chi connectivity index (χ0n) is 18.2. The van der Waals surface area contributed by atoms with E-state index in [-0.39, 0.29) is 24.3 Å². The SMILES string of the molecule is O=C(NC1CCC(NCc2ccccn2)CC1)c1cc(-c2ccc3c(c2)OCO3)c[nH]c1=O. The van der Waals surface area contributed by atoms with Crippen molar-refractivity contribution in [2.24, 2.45) is 0 Å². The lowest BCUT2D eigenvalue weighted by Gasteiger charge is -2.29. The largest absolute Gasteiger partial charge is 0.454 e. The van der Waals surface area contributed by atoms with E-state index in [4.69, 9.17) is 9.47 Å². The summed E-state index contributed by atoms with van der Waals surface area (Å²) in [5.74, 6) is 0.994. The Bertz CT molecular complexity index is 1190. The Kier molecular flexibility index (Phi) is 6.08. The Morgan fingerprint density at radius 3 is 2.64 bits per heavy atom. The van der Waals surface area contributed by atoms with E-state index in [1.807, 2.05) is 36.4 Å². The molecule has 1 saturated carbocycles. The van der Waals surface area contributed by atoms with Crippen molar-refractivity contribution < 1.29 is 14.3 Å². The van der Waals surface area contributed by atoms with Crippen LogP contribution in [-0.4, -0.2) is 34.8 Å². The van der Waals surface area contributed by atoms with Gasteiger partial charge in [0.2, 0.25) is 6.79 Å². The minimum atomic E-state index is -0.400. The van der Waals surface area contributed by atoms with Gasteiger partial charge in [-0.05, 0) is 67.1 Å². The maximum absolute atomic E-state index is 12.9. The number of aromatic amines is 1. The molecule has 1 fully saturated rings. The van der Waals surface area contributed by atoms with Crippen LogP contribution in [0.1, 0.15) is 41.7 Å². The maximum atomic E-state index is 12.9. The first-order chi connectivity index (χ1) is 16.2. The summed E-state index contributed by atoms with van der Waals surface area (Å²) in [6.07, 6.45) is 7.06. The number of amides is 1. The molecule has 170 valence electrons. The second-order valence-corrected chi connectivity index (χ2v) is 8.42. The molecule has 8 nitrogen and oxygen atoms in total. The molecule has 1 aliphatic carbocycles. The van der Waals surface area contributed by atoms with Crippen LogP contribution in [0.4, 0.5) is 0 Å². The molecule has 0 bridgehead atoms. The molecule has 0 spiro atoms. The number of fused-ring (bicyclic) bond motifs is 1. The van der Waals surface area contributed by atoms with E-state index in [9.17, 15) is 9.59 Å². The van der Waals surface area contributed by atoms with Gasteiger partial charge in [0.15, 0.2) is 11.5 Å². The van der Waals surface area contributed by atoms with Gasteiger partial charge in [-0.1, -0.05) is 12.1 Å². The lowest BCUT2D eigenvalue weighted by Crippen LogP contribution is -2.43. The fourth-order valence-corrected chi connectivity index (χ4v) is 4.35. The molecule has 3 aromatic rings. The van der Waals surface area contributed by atoms with Crippen molar-refractivity contribution in [2.75, 3.05) is 6.79 Å². The van der Waals surface area contributed by atoms with Crippen molar-refractivity contribution in [1.29, 1.82) is 0 Å². The van der Waals surface area contributed by atoms with Crippen molar-refractivity contribution in [3.8, 4) is 22.6 Å². The lowest BCUT2D eigenvalue weighted by atomic mass is 9.91. The number of aromatic nitrogens is 2. The molecule has 0 radical (unpaired) electrons. The molecular weight excluding hydrogens is 420 g/mol. The van der Waals surface area contributed by atoms with Crippen LogP contribution in [0.15, 0.2) is 59.7 Å². The number of nitrogens with one attached hydrogen (secondary N) is 3. The fourth-order valence-electron chi connectivity index (χ4n) is 4.35. The molecule has 8 heteroatoms. The predicted octanol–water partition coefficient (Wildman–Crippen LogP) is 3.00. The Morgan fingerprint density at radius 2 is 1.82 bits per heavy atom. The topological polar surface area (TPSA) is 105 Å². The zero-order valence-corrected chi connectivity index (χ0v) is 18.2. The van der Waals surface area contributed by atoms with Crippen LogP contribution in [0.2, 0.25) is 0 Å². The Hall–Kier alpha value is -3.65. The third kappa shape index (κ3) is 4.90. The monoisotopic (exact) mass is 446 g/mol. The first-order valence-electron chi connectivity index (χ1n) is 11.2. The number of ether oxygens (including phenoxy) is 2. The number of hydrogen-bond donors (Lipinski definition) is 3. The standard InChI is InChI=1S/C25H26N4O4/c30-24-21(11-17(13-28-24)16-4-9-22-23(12-16)33-15-32-22)25(31)29-19-7-5-18(6-8-19)27-14-20-3-1-2-10-26-20/h1-4,9-13,18-19,27H,5-8,14-15H2,(H,28,30)(H,29,31). The zero-order chi connectivity index (χ0) is 22.6. The normalized spacial score (nSPS) is 19.3.